The van der Waals surface area contributed by atoms with Crippen LogP contribution in [0.2, 0.25) is 5.02 Å². The number of piperazine rings is 1. The number of anilines is 1. The van der Waals surface area contributed by atoms with Gasteiger partial charge in [-0.15, -0.1) is 0 Å². The van der Waals surface area contributed by atoms with Crippen LogP contribution in [0.15, 0.2) is 24.3 Å². The summed E-state index contributed by atoms with van der Waals surface area (Å²) in [5.74, 6) is 2.68. The summed E-state index contributed by atoms with van der Waals surface area (Å²) in [6, 6.07) is 9.04. The SMILES string of the molecule is Clc1cccc(N2CCN(C3CCSC3)CC2)c1. The first-order valence-corrected chi connectivity index (χ1v) is 8.18. The molecule has 1 aromatic rings. The lowest BCUT2D eigenvalue weighted by atomic mass is 10.2. The molecule has 1 atom stereocenters. The maximum Gasteiger partial charge on any atom is 0.0426 e. The van der Waals surface area contributed by atoms with Crippen molar-refractivity contribution in [3.8, 4) is 0 Å². The minimum atomic E-state index is 0.830. The van der Waals surface area contributed by atoms with Crippen LogP contribution in [0.5, 0.6) is 0 Å². The number of halogens is 1. The molecule has 0 amide bonds. The van der Waals surface area contributed by atoms with Crippen LogP contribution in [0.3, 0.4) is 0 Å². The topological polar surface area (TPSA) is 6.48 Å². The first-order valence-electron chi connectivity index (χ1n) is 6.65. The smallest absolute Gasteiger partial charge is 0.0426 e. The lowest BCUT2D eigenvalue weighted by Gasteiger charge is -2.39. The second-order valence-corrected chi connectivity index (χ2v) is 6.61. The Morgan fingerprint density at radius 3 is 2.67 bits per heavy atom. The highest BCUT2D eigenvalue weighted by molar-refractivity contribution is 7.99. The normalized spacial score (nSPS) is 25.6. The molecule has 2 nitrogen and oxygen atoms in total. The Labute approximate surface area is 118 Å². The quantitative estimate of drug-likeness (QED) is 0.823. The Hall–Kier alpha value is -0.380. The monoisotopic (exact) mass is 282 g/mol. The zero-order valence-corrected chi connectivity index (χ0v) is 12.1. The van der Waals surface area contributed by atoms with Gasteiger partial charge >= 0.3 is 0 Å². The maximum absolute atomic E-state index is 6.06. The molecule has 0 aliphatic carbocycles. The molecule has 0 saturated carbocycles. The van der Waals surface area contributed by atoms with E-state index in [1.165, 1.54) is 36.7 Å². The lowest BCUT2D eigenvalue weighted by Crippen LogP contribution is -2.50. The van der Waals surface area contributed by atoms with Crippen LogP contribution in [0.25, 0.3) is 0 Å². The second-order valence-electron chi connectivity index (χ2n) is 5.02. The van der Waals surface area contributed by atoms with Gasteiger partial charge in [0.25, 0.3) is 0 Å². The van der Waals surface area contributed by atoms with Crippen LogP contribution in [-0.2, 0) is 0 Å². The van der Waals surface area contributed by atoms with Crippen molar-refractivity contribution in [1.29, 1.82) is 0 Å². The summed E-state index contributed by atoms with van der Waals surface area (Å²) in [5, 5.41) is 0.835. The van der Waals surface area contributed by atoms with Crippen molar-refractivity contribution >= 4 is 29.1 Å². The standard InChI is InChI=1S/C14H19ClN2S/c15-12-2-1-3-13(10-12)16-5-7-17(8-6-16)14-4-9-18-11-14/h1-3,10,14H,4-9,11H2. The van der Waals surface area contributed by atoms with Gasteiger partial charge in [-0.1, -0.05) is 17.7 Å². The van der Waals surface area contributed by atoms with Crippen LogP contribution >= 0.6 is 23.4 Å². The van der Waals surface area contributed by atoms with E-state index in [1.54, 1.807) is 0 Å². The van der Waals surface area contributed by atoms with Gasteiger partial charge in [0.15, 0.2) is 0 Å². The maximum atomic E-state index is 6.06. The van der Waals surface area contributed by atoms with Gasteiger partial charge in [0, 0.05) is 48.7 Å². The molecule has 1 unspecified atom stereocenters. The van der Waals surface area contributed by atoms with Gasteiger partial charge < -0.3 is 4.90 Å². The molecule has 0 aromatic heterocycles. The summed E-state index contributed by atoms with van der Waals surface area (Å²) in [5.41, 5.74) is 1.27. The number of rotatable bonds is 2. The number of benzene rings is 1. The first kappa shape index (κ1) is 12.6. The van der Waals surface area contributed by atoms with Gasteiger partial charge in [0.2, 0.25) is 0 Å². The zero-order chi connectivity index (χ0) is 12.4. The van der Waals surface area contributed by atoms with Crippen LogP contribution < -0.4 is 4.90 Å². The van der Waals surface area contributed by atoms with Crippen molar-refractivity contribution in [2.75, 3.05) is 42.6 Å². The Morgan fingerprint density at radius 2 is 2.00 bits per heavy atom. The predicted molar refractivity (Wildman–Crippen MR) is 81.0 cm³/mol. The fourth-order valence-corrected chi connectivity index (χ4v) is 4.27. The molecule has 98 valence electrons. The second kappa shape index (κ2) is 5.72. The highest BCUT2D eigenvalue weighted by atomic mass is 35.5. The van der Waals surface area contributed by atoms with E-state index in [1.807, 2.05) is 12.1 Å². The van der Waals surface area contributed by atoms with Crippen molar-refractivity contribution in [3.63, 3.8) is 0 Å². The Bertz CT molecular complexity index is 399. The minimum Gasteiger partial charge on any atom is -0.369 e. The molecule has 2 fully saturated rings. The van der Waals surface area contributed by atoms with E-state index in [2.05, 4.69) is 33.7 Å². The number of nitrogens with zero attached hydrogens (tertiary/aromatic N) is 2. The van der Waals surface area contributed by atoms with Gasteiger partial charge in [-0.25, -0.2) is 0 Å². The minimum absolute atomic E-state index is 0.830. The van der Waals surface area contributed by atoms with Crippen LogP contribution in [-0.4, -0.2) is 48.6 Å². The molecule has 0 spiro atoms. The van der Waals surface area contributed by atoms with E-state index in [4.69, 9.17) is 11.6 Å². The average Bonchev–Trinajstić information content (AvgIpc) is 2.93. The highest BCUT2D eigenvalue weighted by Gasteiger charge is 2.26. The summed E-state index contributed by atoms with van der Waals surface area (Å²) in [7, 11) is 0. The molecule has 0 bridgehead atoms. The molecule has 2 heterocycles. The average molecular weight is 283 g/mol. The third-order valence-electron chi connectivity index (χ3n) is 3.91. The number of hydrogen-bond acceptors (Lipinski definition) is 3. The van der Waals surface area contributed by atoms with Crippen molar-refractivity contribution in [2.45, 2.75) is 12.5 Å². The van der Waals surface area contributed by atoms with Crippen molar-refractivity contribution in [2.24, 2.45) is 0 Å². The van der Waals surface area contributed by atoms with E-state index < -0.39 is 0 Å². The Balaban J connectivity index is 1.59. The van der Waals surface area contributed by atoms with Crippen molar-refractivity contribution in [1.82, 2.24) is 4.90 Å². The van der Waals surface area contributed by atoms with Crippen molar-refractivity contribution < 1.29 is 0 Å². The molecule has 2 aliphatic heterocycles. The number of hydrogen-bond donors (Lipinski definition) is 0. The van der Waals surface area contributed by atoms with E-state index in [-0.39, 0.29) is 0 Å². The van der Waals surface area contributed by atoms with Gasteiger partial charge in [-0.05, 0) is 30.4 Å². The molecule has 2 aliphatic rings. The van der Waals surface area contributed by atoms with Gasteiger partial charge in [0.05, 0.1) is 0 Å². The third-order valence-corrected chi connectivity index (χ3v) is 5.29. The first-order chi connectivity index (χ1) is 8.83. The Morgan fingerprint density at radius 1 is 1.17 bits per heavy atom. The largest absolute Gasteiger partial charge is 0.369 e. The molecule has 2 saturated heterocycles. The summed E-state index contributed by atoms with van der Waals surface area (Å²) in [6.45, 7) is 4.64. The fraction of sp³-hybridized carbons (Fsp3) is 0.571. The van der Waals surface area contributed by atoms with Crippen molar-refractivity contribution in [3.05, 3.63) is 29.3 Å². The molecule has 0 N–H and O–H groups in total. The third kappa shape index (κ3) is 2.79. The summed E-state index contributed by atoms with van der Waals surface area (Å²) >= 11 is 8.16. The van der Waals surface area contributed by atoms with Crippen LogP contribution in [0, 0.1) is 0 Å². The highest BCUT2D eigenvalue weighted by Crippen LogP contribution is 2.25. The molecule has 1 aromatic carbocycles. The van der Waals surface area contributed by atoms with E-state index in [0.717, 1.165) is 24.2 Å². The summed E-state index contributed by atoms with van der Waals surface area (Å²) in [6.07, 6.45) is 1.38. The summed E-state index contributed by atoms with van der Waals surface area (Å²) in [4.78, 5) is 5.12. The van der Waals surface area contributed by atoms with Gasteiger partial charge in [-0.2, -0.15) is 11.8 Å². The molecule has 4 heteroatoms. The lowest BCUT2D eigenvalue weighted by molar-refractivity contribution is 0.201. The van der Waals surface area contributed by atoms with Gasteiger partial charge in [0.1, 0.15) is 0 Å². The van der Waals surface area contributed by atoms with E-state index >= 15 is 0 Å². The van der Waals surface area contributed by atoms with Crippen LogP contribution in [0.4, 0.5) is 5.69 Å². The zero-order valence-electron chi connectivity index (χ0n) is 10.5. The van der Waals surface area contributed by atoms with Gasteiger partial charge in [-0.3, -0.25) is 4.90 Å². The predicted octanol–water partition coefficient (Wildman–Crippen LogP) is 2.97. The summed E-state index contributed by atoms with van der Waals surface area (Å²) < 4.78 is 0. The molecule has 0 radical (unpaired) electrons. The molecule has 18 heavy (non-hydrogen) atoms. The molecule has 3 rings (SSSR count). The fourth-order valence-electron chi connectivity index (χ4n) is 2.83. The van der Waals surface area contributed by atoms with E-state index in [0.29, 0.717) is 0 Å². The molecular weight excluding hydrogens is 264 g/mol. The Kier molecular flexibility index (Phi) is 4.02. The van der Waals surface area contributed by atoms with E-state index in [9.17, 15) is 0 Å². The number of thioether (sulfide) groups is 1. The van der Waals surface area contributed by atoms with Crippen LogP contribution in [0.1, 0.15) is 6.42 Å². The molecular formula is C14H19ClN2S.